The molecule has 0 N–H and O–H groups in total. The third-order valence-corrected chi connectivity index (χ3v) is 4.29. The fourth-order valence-electron chi connectivity index (χ4n) is 2.47. The van der Waals surface area contributed by atoms with Crippen LogP contribution in [0.3, 0.4) is 0 Å². The summed E-state index contributed by atoms with van der Waals surface area (Å²) in [5.41, 5.74) is 0. The number of piperazine rings is 1. The van der Waals surface area contributed by atoms with Crippen LogP contribution in [0.15, 0.2) is 11.6 Å². The van der Waals surface area contributed by atoms with Gasteiger partial charge in [0.2, 0.25) is 0 Å². The zero-order chi connectivity index (χ0) is 11.7. The van der Waals surface area contributed by atoms with Gasteiger partial charge in [-0.25, -0.2) is 9.37 Å². The van der Waals surface area contributed by atoms with Crippen LogP contribution in [-0.2, 0) is 4.74 Å². The van der Waals surface area contributed by atoms with Crippen LogP contribution in [0.2, 0.25) is 0 Å². The molecule has 1 aromatic heterocycles. The van der Waals surface area contributed by atoms with E-state index in [2.05, 4.69) is 14.8 Å². The highest BCUT2D eigenvalue weighted by atomic mass is 32.1. The summed E-state index contributed by atoms with van der Waals surface area (Å²) in [5, 5.41) is 3.06. The Kier molecular flexibility index (Phi) is 3.26. The predicted molar refractivity (Wildman–Crippen MR) is 65.4 cm³/mol. The first-order chi connectivity index (χ1) is 8.34. The van der Waals surface area contributed by atoms with Crippen molar-refractivity contribution in [1.82, 2.24) is 9.88 Å². The molecule has 0 unspecified atom stereocenters. The van der Waals surface area contributed by atoms with Gasteiger partial charge in [-0.15, -0.1) is 11.3 Å². The summed E-state index contributed by atoms with van der Waals surface area (Å²) in [6.07, 6.45) is 1.01. The molecule has 3 rings (SSSR count). The fourth-order valence-corrected chi connectivity index (χ4v) is 3.16. The monoisotopic (exact) mass is 257 g/mol. The van der Waals surface area contributed by atoms with Crippen molar-refractivity contribution in [3.05, 3.63) is 11.6 Å². The molecule has 4 nitrogen and oxygen atoms in total. The molecule has 3 heterocycles. The van der Waals surface area contributed by atoms with E-state index in [1.165, 1.54) is 0 Å². The number of anilines is 1. The Morgan fingerprint density at radius 3 is 2.71 bits per heavy atom. The van der Waals surface area contributed by atoms with E-state index < -0.39 is 6.17 Å². The number of hydrogen-bond donors (Lipinski definition) is 0. The molecule has 0 radical (unpaired) electrons. The smallest absolute Gasteiger partial charge is 0.185 e. The molecule has 0 spiro atoms. The topological polar surface area (TPSA) is 28.6 Å². The van der Waals surface area contributed by atoms with Gasteiger partial charge in [-0.2, -0.15) is 0 Å². The quantitative estimate of drug-likeness (QED) is 0.790. The second-order valence-corrected chi connectivity index (χ2v) is 5.33. The summed E-state index contributed by atoms with van der Waals surface area (Å²) < 4.78 is 18.7. The number of thiazole rings is 1. The fraction of sp³-hybridized carbons (Fsp3) is 0.727. The first-order valence-electron chi connectivity index (χ1n) is 5.95. The average Bonchev–Trinajstić information content (AvgIpc) is 3.00. The minimum Gasteiger partial charge on any atom is -0.377 e. The van der Waals surface area contributed by atoms with Crippen LogP contribution in [0.1, 0.15) is 0 Å². The molecule has 17 heavy (non-hydrogen) atoms. The lowest BCUT2D eigenvalue weighted by molar-refractivity contribution is 0.127. The van der Waals surface area contributed by atoms with Crippen molar-refractivity contribution < 1.29 is 9.13 Å². The normalized spacial score (nSPS) is 31.0. The van der Waals surface area contributed by atoms with Gasteiger partial charge in [-0.1, -0.05) is 0 Å². The van der Waals surface area contributed by atoms with E-state index in [0.29, 0.717) is 6.61 Å². The number of hydrogen-bond acceptors (Lipinski definition) is 5. The summed E-state index contributed by atoms with van der Waals surface area (Å²) in [7, 11) is 0. The molecule has 0 amide bonds. The van der Waals surface area contributed by atoms with Gasteiger partial charge in [0.15, 0.2) is 5.13 Å². The highest BCUT2D eigenvalue weighted by Crippen LogP contribution is 2.22. The Hall–Kier alpha value is -0.720. The van der Waals surface area contributed by atoms with Crippen molar-refractivity contribution in [2.75, 3.05) is 44.3 Å². The molecule has 2 saturated heterocycles. The zero-order valence-corrected chi connectivity index (χ0v) is 10.4. The number of alkyl halides is 1. The molecule has 0 aromatic carbocycles. The summed E-state index contributed by atoms with van der Waals surface area (Å²) in [6, 6.07) is -0.0338. The lowest BCUT2D eigenvalue weighted by atomic mass is 10.1. The van der Waals surface area contributed by atoms with E-state index >= 15 is 0 Å². The van der Waals surface area contributed by atoms with Gasteiger partial charge in [-0.05, 0) is 0 Å². The van der Waals surface area contributed by atoms with Crippen LogP contribution in [0, 0.1) is 0 Å². The van der Waals surface area contributed by atoms with Crippen LogP contribution < -0.4 is 4.90 Å². The predicted octanol–water partition coefficient (Wildman–Crippen LogP) is 1.00. The number of aromatic nitrogens is 1. The van der Waals surface area contributed by atoms with Crippen LogP contribution >= 0.6 is 11.3 Å². The Labute approximate surface area is 104 Å². The van der Waals surface area contributed by atoms with Crippen molar-refractivity contribution in [1.29, 1.82) is 0 Å². The van der Waals surface area contributed by atoms with Gasteiger partial charge < -0.3 is 9.64 Å². The van der Waals surface area contributed by atoms with E-state index in [-0.39, 0.29) is 12.6 Å². The minimum absolute atomic E-state index is 0.0338. The Balaban J connectivity index is 1.57. The molecule has 0 saturated carbocycles. The molecule has 2 aliphatic heterocycles. The molecule has 94 valence electrons. The molecular weight excluding hydrogens is 241 g/mol. The summed E-state index contributed by atoms with van der Waals surface area (Å²) >= 11 is 1.66. The van der Waals surface area contributed by atoms with Gasteiger partial charge >= 0.3 is 0 Å². The lowest BCUT2D eigenvalue weighted by Gasteiger charge is -2.37. The van der Waals surface area contributed by atoms with Crippen LogP contribution in [0.5, 0.6) is 0 Å². The van der Waals surface area contributed by atoms with E-state index in [4.69, 9.17) is 4.74 Å². The van der Waals surface area contributed by atoms with E-state index in [1.54, 1.807) is 11.3 Å². The van der Waals surface area contributed by atoms with E-state index in [9.17, 15) is 4.39 Å². The molecule has 0 bridgehead atoms. The zero-order valence-electron chi connectivity index (χ0n) is 9.59. The third-order valence-electron chi connectivity index (χ3n) is 3.46. The largest absolute Gasteiger partial charge is 0.377 e. The molecule has 0 aliphatic carbocycles. The molecule has 2 aliphatic rings. The number of rotatable bonds is 2. The molecule has 2 atom stereocenters. The van der Waals surface area contributed by atoms with Crippen molar-refractivity contribution in [2.24, 2.45) is 0 Å². The van der Waals surface area contributed by atoms with Crippen molar-refractivity contribution in [3.63, 3.8) is 0 Å². The van der Waals surface area contributed by atoms with Gasteiger partial charge in [0.1, 0.15) is 6.17 Å². The molecule has 2 fully saturated rings. The van der Waals surface area contributed by atoms with Crippen LogP contribution in [0.4, 0.5) is 9.52 Å². The summed E-state index contributed by atoms with van der Waals surface area (Å²) in [6.45, 7) is 4.45. The van der Waals surface area contributed by atoms with Gasteiger partial charge in [-0.3, -0.25) is 4.90 Å². The Morgan fingerprint density at radius 2 is 2.12 bits per heavy atom. The molecular formula is C11H16FN3OS. The van der Waals surface area contributed by atoms with E-state index in [0.717, 1.165) is 31.3 Å². The van der Waals surface area contributed by atoms with Crippen LogP contribution in [0.25, 0.3) is 0 Å². The standard InChI is InChI=1S/C11H16FN3OS/c12-9-7-16-8-10(9)14-2-4-15(5-3-14)11-13-1-6-17-11/h1,6,9-10H,2-5,7-8H2/t9-,10-/m1/s1. The maximum atomic E-state index is 13.6. The minimum atomic E-state index is -0.818. The van der Waals surface area contributed by atoms with Crippen molar-refractivity contribution in [2.45, 2.75) is 12.2 Å². The number of nitrogens with zero attached hydrogens (tertiary/aromatic N) is 3. The van der Waals surface area contributed by atoms with E-state index in [1.807, 2.05) is 11.6 Å². The maximum absolute atomic E-state index is 13.6. The van der Waals surface area contributed by atoms with Gasteiger partial charge in [0.25, 0.3) is 0 Å². The highest BCUT2D eigenvalue weighted by Gasteiger charge is 2.34. The first-order valence-corrected chi connectivity index (χ1v) is 6.83. The van der Waals surface area contributed by atoms with Crippen molar-refractivity contribution >= 4 is 16.5 Å². The summed E-state index contributed by atoms with van der Waals surface area (Å²) in [4.78, 5) is 8.78. The third kappa shape index (κ3) is 2.29. The Bertz CT molecular complexity index is 354. The average molecular weight is 257 g/mol. The lowest BCUT2D eigenvalue weighted by Crippen LogP contribution is -2.53. The number of ether oxygens (including phenoxy) is 1. The van der Waals surface area contributed by atoms with Crippen molar-refractivity contribution in [3.8, 4) is 0 Å². The second-order valence-electron chi connectivity index (χ2n) is 4.46. The number of halogens is 1. The highest BCUT2D eigenvalue weighted by molar-refractivity contribution is 7.13. The van der Waals surface area contributed by atoms with Crippen LogP contribution in [-0.4, -0.2) is 61.5 Å². The first kappa shape index (κ1) is 11.4. The second kappa shape index (κ2) is 4.88. The molecule has 1 aromatic rings. The van der Waals surface area contributed by atoms with Gasteiger partial charge in [0.05, 0.1) is 19.3 Å². The summed E-state index contributed by atoms with van der Waals surface area (Å²) in [5.74, 6) is 0. The SMILES string of the molecule is F[C@@H]1COC[C@H]1N1CCN(c2nccs2)CC1. The maximum Gasteiger partial charge on any atom is 0.185 e. The van der Waals surface area contributed by atoms with Gasteiger partial charge in [0, 0.05) is 37.8 Å². The Morgan fingerprint density at radius 1 is 1.29 bits per heavy atom. The molecule has 6 heteroatoms.